The Kier molecular flexibility index (Phi) is 26.1. The first-order valence-corrected chi connectivity index (χ1v) is 57.8. The van der Waals surface area contributed by atoms with Crippen molar-refractivity contribution in [3.05, 3.63) is 71.8 Å². The summed E-state index contributed by atoms with van der Waals surface area (Å²) in [6.45, 7) is 83.3. The number of hydrogen-bond acceptors (Lipinski definition) is 14. The average molecular weight is 1490 g/mol. The van der Waals surface area contributed by atoms with Crippen LogP contribution in [-0.4, -0.2) is 175 Å². The van der Waals surface area contributed by atoms with Gasteiger partial charge in [-0.2, -0.15) is 0 Å². The fourth-order valence-corrected chi connectivity index (χ4v) is 21.0. The van der Waals surface area contributed by atoms with Gasteiger partial charge in [0.1, 0.15) is 79.4 Å². The normalized spacial score (nSPS) is 31.2. The molecule has 0 spiro atoms. The van der Waals surface area contributed by atoms with E-state index in [1.54, 1.807) is 0 Å². The minimum absolute atomic E-state index is 0.0223. The Balaban J connectivity index is 1.52. The number of rotatable bonds is 23. The van der Waals surface area contributed by atoms with Crippen LogP contribution in [-0.2, 0) is 77.4 Å². The van der Waals surface area contributed by atoms with Crippen LogP contribution >= 0.6 is 0 Å². The van der Waals surface area contributed by atoms with Gasteiger partial charge in [0.05, 0.1) is 50.8 Å². The molecule has 0 bridgehead atoms. The highest BCUT2D eigenvalue weighted by molar-refractivity contribution is 6.76. The molecule has 5 aliphatic heterocycles. The maximum atomic E-state index is 8.44. The van der Waals surface area contributed by atoms with Gasteiger partial charge in [-0.15, -0.1) is 0 Å². The largest absolute Gasteiger partial charge is 0.414 e. The Bertz CT molecular complexity index is 2860. The minimum atomic E-state index is -2.79. The van der Waals surface area contributed by atoms with Crippen LogP contribution in [0.4, 0.5) is 0 Å². The number of fused-ring (bicyclic) bond motifs is 3. The third-order valence-electron chi connectivity index (χ3n) is 25.9. The number of ether oxygens (including phenoxy) is 7. The summed E-state index contributed by atoms with van der Waals surface area (Å²) in [5.74, 6) is 0. The molecule has 7 rings (SSSR count). The molecule has 5 aliphatic rings. The van der Waals surface area contributed by atoms with Gasteiger partial charge in [-0.05, 0) is 138 Å². The molecule has 0 radical (unpaired) electrons. The molecule has 21 heteroatoms. The van der Waals surface area contributed by atoms with Crippen LogP contribution in [0.2, 0.25) is 127 Å². The quantitative estimate of drug-likeness (QED) is 0.0979. The third-order valence-corrected chi connectivity index (χ3v) is 57.3. The van der Waals surface area contributed by atoms with Crippen molar-refractivity contribution in [3.8, 4) is 0 Å². The summed E-state index contributed by atoms with van der Waals surface area (Å²) in [4.78, 5) is 0. The van der Waals surface area contributed by atoms with Crippen LogP contribution in [0.5, 0.6) is 0 Å². The molecule has 5 saturated heterocycles. The molecule has 5 heterocycles. The van der Waals surface area contributed by atoms with E-state index < -0.39 is 150 Å². The van der Waals surface area contributed by atoms with Crippen molar-refractivity contribution in [2.75, 3.05) is 13.2 Å². The molecule has 564 valence electrons. The summed E-state index contributed by atoms with van der Waals surface area (Å²) in [5.41, 5.74) is 2.17. The van der Waals surface area contributed by atoms with Gasteiger partial charge in [-0.3, -0.25) is 0 Å². The predicted octanol–water partition coefficient (Wildman–Crippen LogP) is 19.8. The van der Waals surface area contributed by atoms with Gasteiger partial charge >= 0.3 is 0 Å². The summed E-state index contributed by atoms with van der Waals surface area (Å²) in [7, 11) is -18.5. The molecule has 2 aromatic rings. The zero-order valence-electron chi connectivity index (χ0n) is 68.5. The first-order valence-electron chi connectivity index (χ1n) is 37.5. The molecular weight excluding hydrogens is 1350 g/mol. The highest BCUT2D eigenvalue weighted by Gasteiger charge is 2.68. The van der Waals surface area contributed by atoms with Crippen LogP contribution in [0.1, 0.15) is 169 Å². The van der Waals surface area contributed by atoms with Gasteiger partial charge in [-0.1, -0.05) is 206 Å². The highest BCUT2D eigenvalue weighted by Crippen LogP contribution is 2.54. The van der Waals surface area contributed by atoms with E-state index in [4.69, 9.17) is 64.1 Å². The zero-order valence-corrected chi connectivity index (χ0v) is 75.5. The van der Waals surface area contributed by atoms with Gasteiger partial charge in [0.15, 0.2) is 58.2 Å². The summed E-state index contributed by atoms with van der Waals surface area (Å²) in [6.07, 6.45) is -9.01. The summed E-state index contributed by atoms with van der Waals surface area (Å²) >= 11 is 0. The van der Waals surface area contributed by atoms with Gasteiger partial charge in [-0.25, -0.2) is 0 Å². The van der Waals surface area contributed by atoms with E-state index in [9.17, 15) is 0 Å². The minimum Gasteiger partial charge on any atom is -0.414 e. The Morgan fingerprint density at radius 3 is 0.959 bits per heavy atom. The van der Waals surface area contributed by atoms with Crippen molar-refractivity contribution in [2.24, 2.45) is 0 Å². The van der Waals surface area contributed by atoms with Crippen LogP contribution in [0, 0.1) is 0 Å². The average Bonchev–Trinajstić information content (AvgIpc) is 0.717. The van der Waals surface area contributed by atoms with Gasteiger partial charge in [0, 0.05) is 12.8 Å². The van der Waals surface area contributed by atoms with E-state index in [0.717, 1.165) is 11.1 Å². The Hall–Kier alpha value is -0.602. The van der Waals surface area contributed by atoms with Crippen LogP contribution in [0.3, 0.4) is 0 Å². The first kappa shape index (κ1) is 84.7. The molecule has 0 amide bonds. The topological polar surface area (TPSA) is 129 Å². The standard InChI is InChI=1S/C77H144O14Si7/c1-71(2,3)92(22,23)80-51-59-55(86-93(24,25)72(4,5)6)47-57-61(84-59)67(88-95(28,29)74(10,11)12)68(89-96(30,31)75(13,14)15)63(82-57)65-70(91-98(34,35)77(19,20)21)69(90-97(32,33)76(16,17)18)62-64(85-65)66(87-94(26,27)73(7,8)9)60-56(81-62)46-54(79-49-53-44-40-37-41-45-53)58(83-60)50-78-48-52-42-38-36-39-43-52/h36-45,54-70H,46-51H2,1-35H3/t54-,55-,56+,57+,58+,59+,60+,61-,62-,63+,64+,65+,66-,67+,68+,69+,70+/m1/s1. The molecule has 17 atom stereocenters. The number of benzene rings is 2. The predicted molar refractivity (Wildman–Crippen MR) is 419 cm³/mol. The van der Waals surface area contributed by atoms with E-state index in [-0.39, 0.29) is 47.5 Å². The van der Waals surface area contributed by atoms with Gasteiger partial charge < -0.3 is 64.1 Å². The second-order valence-electron chi connectivity index (χ2n) is 40.6. The van der Waals surface area contributed by atoms with Crippen molar-refractivity contribution >= 4 is 58.2 Å². The fourth-order valence-electron chi connectivity index (χ4n) is 12.1. The lowest BCUT2D eigenvalue weighted by atomic mass is 9.80. The summed E-state index contributed by atoms with van der Waals surface area (Å²) in [6, 6.07) is 20.8. The van der Waals surface area contributed by atoms with Crippen LogP contribution in [0.25, 0.3) is 0 Å². The number of hydrogen-bond donors (Lipinski definition) is 0. The Morgan fingerprint density at radius 2 is 0.592 bits per heavy atom. The Morgan fingerprint density at radius 1 is 0.306 bits per heavy atom. The molecule has 0 N–H and O–H groups in total. The van der Waals surface area contributed by atoms with Crippen LogP contribution < -0.4 is 0 Å². The molecule has 0 aliphatic carbocycles. The van der Waals surface area contributed by atoms with E-state index in [0.29, 0.717) is 39.3 Å². The summed E-state index contributed by atoms with van der Waals surface area (Å²) < 4.78 is 110. The molecule has 2 aromatic carbocycles. The second-order valence-corrected chi connectivity index (χ2v) is 74.0. The lowest BCUT2D eigenvalue weighted by Crippen LogP contribution is -2.78. The lowest BCUT2D eigenvalue weighted by Gasteiger charge is -2.62. The van der Waals surface area contributed by atoms with Crippen molar-refractivity contribution < 1.29 is 64.1 Å². The van der Waals surface area contributed by atoms with E-state index >= 15 is 0 Å². The van der Waals surface area contributed by atoms with Crippen molar-refractivity contribution in [1.29, 1.82) is 0 Å². The summed E-state index contributed by atoms with van der Waals surface area (Å²) in [5, 5.41) is -1.14. The van der Waals surface area contributed by atoms with Crippen molar-refractivity contribution in [1.82, 2.24) is 0 Å². The highest BCUT2D eigenvalue weighted by atomic mass is 28.4. The smallest absolute Gasteiger partial charge is 0.192 e. The van der Waals surface area contributed by atoms with E-state index in [2.05, 4.69) is 286 Å². The molecule has 0 saturated carbocycles. The van der Waals surface area contributed by atoms with Crippen LogP contribution in [0.15, 0.2) is 60.7 Å². The molecular formula is C77H144O14Si7. The molecule has 0 aromatic heterocycles. The van der Waals surface area contributed by atoms with Gasteiger partial charge in [0.25, 0.3) is 0 Å². The molecule has 14 nitrogen and oxygen atoms in total. The molecule has 98 heavy (non-hydrogen) atoms. The lowest BCUT2D eigenvalue weighted by molar-refractivity contribution is -0.356. The second kappa shape index (κ2) is 30.2. The van der Waals surface area contributed by atoms with E-state index in [1.165, 1.54) is 0 Å². The molecule has 5 fully saturated rings. The maximum Gasteiger partial charge on any atom is 0.192 e. The van der Waals surface area contributed by atoms with E-state index in [1.807, 2.05) is 12.1 Å². The maximum absolute atomic E-state index is 8.44. The monoisotopic (exact) mass is 1490 g/mol. The van der Waals surface area contributed by atoms with Gasteiger partial charge in [0.2, 0.25) is 0 Å². The Labute approximate surface area is 605 Å². The first-order chi connectivity index (χ1) is 44.2. The molecule has 0 unspecified atom stereocenters. The zero-order chi connectivity index (χ0) is 74.2. The SMILES string of the molecule is CC(C)(C)[Si](C)(C)OC[C@@H]1O[C@H]2[C@H](O[Si](C)(C)C(C)(C)C)[C@@H](O[Si](C)(C)C(C)(C)C)[C@H]([C@@H]3O[C@H]4[C@@H](O[C@H]5C[C@@H](OCc6ccccc6)[C@H](COCc6ccccc6)O[C@@H]5[C@H]4O[Si](C)(C)C(C)(C)C)[C@H](O[Si](C)(C)C(C)(C)C)[C@H]3O[Si](C)(C)C(C)(C)C)O[C@H]2C[C@H]1O[Si](C)(C)C(C)(C)C. The van der Waals surface area contributed by atoms with Crippen molar-refractivity contribution in [3.63, 3.8) is 0 Å². The third kappa shape index (κ3) is 19.4. The fraction of sp³-hybridized carbons (Fsp3) is 0.844. The van der Waals surface area contributed by atoms with Crippen molar-refractivity contribution in [2.45, 2.75) is 402 Å².